The Morgan fingerprint density at radius 2 is 1.85 bits per heavy atom. The number of halogens is 1. The Hall–Kier alpha value is -3.42. The molecule has 0 unspecified atom stereocenters. The Morgan fingerprint density at radius 1 is 1.04 bits per heavy atom. The number of carbonyl (C=O) groups is 3. The number of nitrogens with one attached hydrogen (secondary N) is 1. The Bertz CT molecular complexity index is 867. The fraction of sp³-hybridized carbons (Fsp3) is 0.167. The zero-order valence-corrected chi connectivity index (χ0v) is 13.5. The molecule has 1 heterocycles. The van der Waals surface area contributed by atoms with Gasteiger partial charge in [0, 0.05) is 11.1 Å². The van der Waals surface area contributed by atoms with Crippen LogP contribution in [0.15, 0.2) is 42.5 Å². The van der Waals surface area contributed by atoms with Gasteiger partial charge in [0.25, 0.3) is 5.91 Å². The third-order valence-electron chi connectivity index (χ3n) is 3.54. The summed E-state index contributed by atoms with van der Waals surface area (Å²) in [5, 5.41) is 2.38. The first-order valence-electron chi connectivity index (χ1n) is 7.65. The van der Waals surface area contributed by atoms with Crippen molar-refractivity contribution in [2.24, 2.45) is 0 Å². The van der Waals surface area contributed by atoms with Crippen molar-refractivity contribution in [1.82, 2.24) is 5.32 Å². The quantitative estimate of drug-likeness (QED) is 0.624. The molecule has 3 rings (SSSR count). The zero-order chi connectivity index (χ0) is 18.5. The van der Waals surface area contributed by atoms with Gasteiger partial charge in [0.15, 0.2) is 23.9 Å². The van der Waals surface area contributed by atoms with Crippen LogP contribution in [0.2, 0.25) is 0 Å². The third-order valence-corrected chi connectivity index (χ3v) is 3.54. The van der Waals surface area contributed by atoms with Gasteiger partial charge in [0.2, 0.25) is 6.79 Å². The van der Waals surface area contributed by atoms with Gasteiger partial charge in [0.1, 0.15) is 12.4 Å². The largest absolute Gasteiger partial charge is 0.456 e. The van der Waals surface area contributed by atoms with Gasteiger partial charge in [-0.05, 0) is 30.3 Å². The number of amides is 1. The molecule has 0 radical (unpaired) electrons. The lowest BCUT2D eigenvalue weighted by atomic mass is 10.1. The van der Waals surface area contributed by atoms with Crippen LogP contribution < -0.4 is 14.8 Å². The summed E-state index contributed by atoms with van der Waals surface area (Å²) in [6.45, 7) is -0.863. The topological polar surface area (TPSA) is 90.9 Å². The predicted octanol–water partition coefficient (Wildman–Crippen LogP) is 1.71. The average Bonchev–Trinajstić information content (AvgIpc) is 3.11. The molecule has 7 nitrogen and oxygen atoms in total. The summed E-state index contributed by atoms with van der Waals surface area (Å²) >= 11 is 0. The number of benzene rings is 2. The number of hydrogen-bond acceptors (Lipinski definition) is 6. The first-order valence-corrected chi connectivity index (χ1v) is 7.65. The fourth-order valence-electron chi connectivity index (χ4n) is 2.23. The summed E-state index contributed by atoms with van der Waals surface area (Å²) in [6.07, 6.45) is 0. The monoisotopic (exact) mass is 359 g/mol. The molecule has 0 spiro atoms. The SMILES string of the molecule is O=C(CNC(=O)c1ccc2c(c1)OCO2)OCC(=O)c1cccc(F)c1. The number of hydrogen-bond donors (Lipinski definition) is 1. The van der Waals surface area contributed by atoms with E-state index in [1.807, 2.05) is 0 Å². The number of ether oxygens (including phenoxy) is 3. The first kappa shape index (κ1) is 17.4. The average molecular weight is 359 g/mol. The minimum absolute atomic E-state index is 0.0894. The molecule has 0 bridgehead atoms. The summed E-state index contributed by atoms with van der Waals surface area (Å²) in [5.41, 5.74) is 0.389. The summed E-state index contributed by atoms with van der Waals surface area (Å²) in [4.78, 5) is 35.5. The highest BCUT2D eigenvalue weighted by Gasteiger charge is 2.17. The second-order valence-electron chi connectivity index (χ2n) is 5.34. The van der Waals surface area contributed by atoms with Crippen LogP contribution in [-0.4, -0.2) is 37.6 Å². The molecule has 0 saturated carbocycles. The van der Waals surface area contributed by atoms with E-state index in [4.69, 9.17) is 14.2 Å². The van der Waals surface area contributed by atoms with Crippen molar-refractivity contribution in [3.05, 3.63) is 59.4 Å². The minimum atomic E-state index is -0.788. The van der Waals surface area contributed by atoms with E-state index in [0.29, 0.717) is 11.5 Å². The summed E-state index contributed by atoms with van der Waals surface area (Å²) < 4.78 is 28.2. The molecule has 2 aromatic rings. The second kappa shape index (κ2) is 7.64. The van der Waals surface area contributed by atoms with Gasteiger partial charge in [-0.3, -0.25) is 14.4 Å². The molecule has 26 heavy (non-hydrogen) atoms. The second-order valence-corrected chi connectivity index (χ2v) is 5.34. The van der Waals surface area contributed by atoms with Gasteiger partial charge < -0.3 is 19.5 Å². The van der Waals surface area contributed by atoms with Crippen LogP contribution in [0.25, 0.3) is 0 Å². The van der Waals surface area contributed by atoms with E-state index in [9.17, 15) is 18.8 Å². The smallest absolute Gasteiger partial charge is 0.325 e. The van der Waals surface area contributed by atoms with E-state index in [1.165, 1.54) is 30.3 Å². The van der Waals surface area contributed by atoms with Crippen LogP contribution in [0.3, 0.4) is 0 Å². The molecular formula is C18H14FNO6. The summed E-state index contributed by atoms with van der Waals surface area (Å²) in [6, 6.07) is 9.67. The van der Waals surface area contributed by atoms with Gasteiger partial charge in [-0.15, -0.1) is 0 Å². The van der Waals surface area contributed by atoms with Crippen molar-refractivity contribution in [1.29, 1.82) is 0 Å². The van der Waals surface area contributed by atoms with Crippen molar-refractivity contribution >= 4 is 17.7 Å². The molecule has 0 aliphatic carbocycles. The van der Waals surface area contributed by atoms with E-state index in [-0.39, 0.29) is 17.9 Å². The van der Waals surface area contributed by atoms with E-state index in [2.05, 4.69) is 5.32 Å². The number of fused-ring (bicyclic) bond motifs is 1. The van der Waals surface area contributed by atoms with Crippen LogP contribution in [0.1, 0.15) is 20.7 Å². The normalized spacial score (nSPS) is 11.7. The maximum Gasteiger partial charge on any atom is 0.325 e. The Morgan fingerprint density at radius 3 is 2.65 bits per heavy atom. The van der Waals surface area contributed by atoms with Gasteiger partial charge >= 0.3 is 5.97 Å². The lowest BCUT2D eigenvalue weighted by molar-refractivity contribution is -0.141. The van der Waals surface area contributed by atoms with Gasteiger partial charge in [0.05, 0.1) is 0 Å². The van der Waals surface area contributed by atoms with E-state index >= 15 is 0 Å². The molecule has 0 saturated heterocycles. The maximum atomic E-state index is 13.1. The lowest BCUT2D eigenvalue weighted by Gasteiger charge is -2.07. The molecule has 2 aromatic carbocycles. The Kier molecular flexibility index (Phi) is 5.12. The van der Waals surface area contributed by atoms with Crippen molar-refractivity contribution in [3.63, 3.8) is 0 Å². The maximum absolute atomic E-state index is 13.1. The lowest BCUT2D eigenvalue weighted by Crippen LogP contribution is -2.31. The van der Waals surface area contributed by atoms with Crippen molar-refractivity contribution in [2.75, 3.05) is 19.9 Å². The molecule has 0 aromatic heterocycles. The minimum Gasteiger partial charge on any atom is -0.456 e. The number of esters is 1. The first-order chi connectivity index (χ1) is 12.5. The Balaban J connectivity index is 1.46. The summed E-state index contributed by atoms with van der Waals surface area (Å²) in [7, 11) is 0. The molecule has 1 N–H and O–H groups in total. The zero-order valence-electron chi connectivity index (χ0n) is 13.5. The Labute approximate surface area is 147 Å². The molecule has 0 fully saturated rings. The molecule has 134 valence electrons. The number of Topliss-reactive ketones (excluding diaryl/α,β-unsaturated/α-hetero) is 1. The van der Waals surface area contributed by atoms with E-state index in [1.54, 1.807) is 6.07 Å². The molecule has 0 atom stereocenters. The molecule has 1 amide bonds. The van der Waals surface area contributed by atoms with Crippen molar-refractivity contribution in [3.8, 4) is 11.5 Å². The number of ketones is 1. The molecule has 8 heteroatoms. The fourth-order valence-corrected chi connectivity index (χ4v) is 2.23. The van der Waals surface area contributed by atoms with Gasteiger partial charge in [-0.2, -0.15) is 0 Å². The van der Waals surface area contributed by atoms with Crippen LogP contribution in [0.4, 0.5) is 4.39 Å². The molecule has 1 aliphatic heterocycles. The van der Waals surface area contributed by atoms with E-state index < -0.39 is 36.6 Å². The highest BCUT2D eigenvalue weighted by Crippen LogP contribution is 2.32. The van der Waals surface area contributed by atoms with Crippen LogP contribution in [0, 0.1) is 5.82 Å². The number of rotatable bonds is 6. The predicted molar refractivity (Wildman–Crippen MR) is 86.6 cm³/mol. The van der Waals surface area contributed by atoms with Crippen LogP contribution in [0.5, 0.6) is 11.5 Å². The van der Waals surface area contributed by atoms with Crippen molar-refractivity contribution < 1.29 is 33.0 Å². The van der Waals surface area contributed by atoms with Crippen LogP contribution >= 0.6 is 0 Å². The standard InChI is InChI=1S/C18H14FNO6/c19-13-3-1-2-11(6-13)14(21)9-24-17(22)8-20-18(23)12-4-5-15-16(7-12)26-10-25-15/h1-7H,8-10H2,(H,20,23). The summed E-state index contributed by atoms with van der Waals surface area (Å²) in [5.74, 6) is -1.41. The molecule has 1 aliphatic rings. The van der Waals surface area contributed by atoms with Crippen LogP contribution in [-0.2, 0) is 9.53 Å². The highest BCUT2D eigenvalue weighted by atomic mass is 19.1. The number of carbonyl (C=O) groups excluding carboxylic acids is 3. The third kappa shape index (κ3) is 4.15. The van der Waals surface area contributed by atoms with Gasteiger partial charge in [-0.25, -0.2) is 4.39 Å². The van der Waals surface area contributed by atoms with E-state index in [0.717, 1.165) is 6.07 Å². The van der Waals surface area contributed by atoms with Gasteiger partial charge in [-0.1, -0.05) is 12.1 Å². The molecular weight excluding hydrogens is 345 g/mol. The highest BCUT2D eigenvalue weighted by molar-refractivity contribution is 5.99. The van der Waals surface area contributed by atoms with Crippen molar-refractivity contribution in [2.45, 2.75) is 0 Å².